The molecule has 1 saturated carbocycles. The second-order valence-electron chi connectivity index (χ2n) is 11.7. The van der Waals surface area contributed by atoms with Gasteiger partial charge in [-0.05, 0) is 65.5 Å². The lowest BCUT2D eigenvalue weighted by Crippen LogP contribution is -2.29. The molecule has 38 heavy (non-hydrogen) atoms. The van der Waals surface area contributed by atoms with Crippen LogP contribution in [0.4, 0.5) is 5.82 Å². The maximum absolute atomic E-state index is 12.9. The Labute approximate surface area is 221 Å². The van der Waals surface area contributed by atoms with Crippen molar-refractivity contribution in [1.82, 2.24) is 20.4 Å². The van der Waals surface area contributed by atoms with E-state index in [4.69, 9.17) is 9.26 Å². The zero-order chi connectivity index (χ0) is 26.4. The highest BCUT2D eigenvalue weighted by molar-refractivity contribution is 5.94. The number of carbonyl (C=O) groups is 2. The molecule has 1 saturated heterocycles. The Balaban J connectivity index is 1.18. The number of amides is 2. The second-order valence-corrected chi connectivity index (χ2v) is 11.7. The number of aryl methyl sites for hydroxylation is 1. The first kappa shape index (κ1) is 24.7. The van der Waals surface area contributed by atoms with Crippen molar-refractivity contribution in [3.63, 3.8) is 0 Å². The summed E-state index contributed by atoms with van der Waals surface area (Å²) in [5.74, 6) is 1.50. The third-order valence-corrected chi connectivity index (χ3v) is 7.90. The maximum atomic E-state index is 12.9. The van der Waals surface area contributed by atoms with E-state index in [0.29, 0.717) is 36.7 Å². The van der Waals surface area contributed by atoms with Crippen molar-refractivity contribution in [3.8, 4) is 11.1 Å². The van der Waals surface area contributed by atoms with Crippen LogP contribution in [0.5, 0.6) is 0 Å². The molecular weight excluding hydrogens is 482 g/mol. The predicted octanol–water partition coefficient (Wildman–Crippen LogP) is 4.46. The molecule has 0 radical (unpaired) electrons. The van der Waals surface area contributed by atoms with Crippen molar-refractivity contribution in [2.24, 2.45) is 17.8 Å². The molecule has 3 heterocycles. The first-order valence-corrected chi connectivity index (χ1v) is 13.4. The van der Waals surface area contributed by atoms with E-state index in [9.17, 15) is 9.59 Å². The van der Waals surface area contributed by atoms with Gasteiger partial charge in [0.25, 0.3) is 0 Å². The number of nitrogens with one attached hydrogen (secondary N) is 2. The molecule has 9 heteroatoms. The van der Waals surface area contributed by atoms with Crippen molar-refractivity contribution in [3.05, 3.63) is 59.4 Å². The topological polar surface area (TPSA) is 119 Å². The van der Waals surface area contributed by atoms with E-state index in [0.717, 1.165) is 42.4 Å². The molecule has 0 bridgehead atoms. The van der Waals surface area contributed by atoms with Crippen LogP contribution < -0.4 is 10.6 Å². The third-order valence-electron chi connectivity index (χ3n) is 7.90. The van der Waals surface area contributed by atoms with E-state index in [1.807, 2.05) is 32.9 Å². The third kappa shape index (κ3) is 4.82. The number of benzene rings is 1. The number of fused-ring (bicyclic) bond motifs is 2. The molecule has 2 amide bonds. The summed E-state index contributed by atoms with van der Waals surface area (Å²) in [6.45, 7) is 7.29. The van der Waals surface area contributed by atoms with Crippen molar-refractivity contribution in [2.75, 3.05) is 18.5 Å². The summed E-state index contributed by atoms with van der Waals surface area (Å²) < 4.78 is 10.7. The Morgan fingerprint density at radius 2 is 1.82 bits per heavy atom. The highest BCUT2D eigenvalue weighted by atomic mass is 16.5. The first-order valence-electron chi connectivity index (χ1n) is 13.4. The summed E-state index contributed by atoms with van der Waals surface area (Å²) in [4.78, 5) is 34.3. The molecule has 3 aromatic rings. The van der Waals surface area contributed by atoms with E-state index >= 15 is 0 Å². The van der Waals surface area contributed by atoms with Crippen molar-refractivity contribution >= 4 is 17.6 Å². The maximum Gasteiger partial charge on any atom is 0.315 e. The first-order chi connectivity index (χ1) is 18.3. The highest BCUT2D eigenvalue weighted by Crippen LogP contribution is 2.51. The second kappa shape index (κ2) is 9.62. The predicted molar refractivity (Wildman–Crippen MR) is 140 cm³/mol. The van der Waals surface area contributed by atoms with Gasteiger partial charge in [-0.25, -0.2) is 4.98 Å². The number of rotatable bonds is 5. The molecular formula is C29H33N5O4. The number of ether oxygens (including phenoxy) is 1. The molecule has 2 N–H and O–H groups in total. The van der Waals surface area contributed by atoms with Crippen LogP contribution in [-0.2, 0) is 21.4 Å². The van der Waals surface area contributed by atoms with Gasteiger partial charge in [-0.2, -0.15) is 4.98 Å². The standard InChI is InChI=1S/C29H33N5O4/c1-29(2,3)28-33-27(38-34-28)26(36)31-22-7-5-4-6-18-12-16(8-9-19(18)22)17-10-11-30-23(13-17)32-25(35)24-20-14-37-15-21(20)24/h8-13,20-22,24H,4-7,14-15H2,1-3H3,(H,31,36)(H,30,32,35)/t20-,21+,22?,24?. The van der Waals surface area contributed by atoms with Crippen LogP contribution in [0.25, 0.3) is 11.1 Å². The average molecular weight is 516 g/mol. The molecule has 0 spiro atoms. The zero-order valence-corrected chi connectivity index (χ0v) is 22.0. The average Bonchev–Trinajstić information content (AvgIpc) is 3.19. The summed E-state index contributed by atoms with van der Waals surface area (Å²) in [5.41, 5.74) is 4.06. The lowest BCUT2D eigenvalue weighted by Gasteiger charge is -2.19. The van der Waals surface area contributed by atoms with Crippen molar-refractivity contribution in [2.45, 2.75) is 57.9 Å². The highest BCUT2D eigenvalue weighted by Gasteiger charge is 2.58. The van der Waals surface area contributed by atoms with Crippen LogP contribution in [0.15, 0.2) is 41.1 Å². The minimum Gasteiger partial charge on any atom is -0.381 e. The molecule has 3 aliphatic rings. The summed E-state index contributed by atoms with van der Waals surface area (Å²) in [6, 6.07) is 10.1. The number of hydrogen-bond donors (Lipinski definition) is 2. The van der Waals surface area contributed by atoms with Gasteiger partial charge in [0.05, 0.1) is 19.3 Å². The lowest BCUT2D eigenvalue weighted by atomic mass is 9.94. The van der Waals surface area contributed by atoms with E-state index < -0.39 is 0 Å². The van der Waals surface area contributed by atoms with Crippen molar-refractivity contribution in [1.29, 1.82) is 0 Å². The van der Waals surface area contributed by atoms with Gasteiger partial charge >= 0.3 is 11.8 Å². The number of carbonyl (C=O) groups excluding carboxylic acids is 2. The van der Waals surface area contributed by atoms with Crippen LogP contribution in [-0.4, -0.2) is 40.2 Å². The number of pyridine rings is 1. The largest absolute Gasteiger partial charge is 0.381 e. The van der Waals surface area contributed by atoms with E-state index in [1.165, 1.54) is 5.56 Å². The van der Waals surface area contributed by atoms with Gasteiger partial charge in [0.15, 0.2) is 5.82 Å². The molecule has 198 valence electrons. The normalized spacial score (nSPS) is 24.2. The minimum atomic E-state index is -0.351. The van der Waals surface area contributed by atoms with Crippen LogP contribution in [0.1, 0.15) is 73.7 Å². The Bertz CT molecular complexity index is 1370. The Hall–Kier alpha value is -3.59. The van der Waals surface area contributed by atoms with Gasteiger partial charge in [-0.3, -0.25) is 9.59 Å². The molecule has 1 aromatic carbocycles. The number of aromatic nitrogens is 3. The van der Waals surface area contributed by atoms with Gasteiger partial charge in [-0.15, -0.1) is 0 Å². The summed E-state index contributed by atoms with van der Waals surface area (Å²) in [5, 5.41) is 10.1. The molecule has 1 aliphatic heterocycles. The van der Waals surface area contributed by atoms with Gasteiger partial charge < -0.3 is 19.9 Å². The molecule has 9 nitrogen and oxygen atoms in total. The monoisotopic (exact) mass is 515 g/mol. The van der Waals surface area contributed by atoms with E-state index in [-0.39, 0.29) is 35.1 Å². The molecule has 2 aliphatic carbocycles. The van der Waals surface area contributed by atoms with Crippen LogP contribution in [0.3, 0.4) is 0 Å². The van der Waals surface area contributed by atoms with Crippen LogP contribution >= 0.6 is 0 Å². The summed E-state index contributed by atoms with van der Waals surface area (Å²) in [6.07, 6.45) is 5.56. The van der Waals surface area contributed by atoms with Gasteiger partial charge in [0.1, 0.15) is 5.82 Å². The Kier molecular flexibility index (Phi) is 6.26. The summed E-state index contributed by atoms with van der Waals surface area (Å²) >= 11 is 0. The van der Waals surface area contributed by atoms with Gasteiger partial charge in [-0.1, -0.05) is 50.5 Å². The number of anilines is 1. The Morgan fingerprint density at radius 1 is 1.03 bits per heavy atom. The summed E-state index contributed by atoms with van der Waals surface area (Å²) in [7, 11) is 0. The molecule has 6 rings (SSSR count). The molecule has 2 fully saturated rings. The number of nitrogens with zero attached hydrogens (tertiary/aromatic N) is 3. The lowest BCUT2D eigenvalue weighted by molar-refractivity contribution is -0.118. The quantitative estimate of drug-likeness (QED) is 0.482. The fraction of sp³-hybridized carbons (Fsp3) is 0.483. The molecule has 2 aromatic heterocycles. The van der Waals surface area contributed by atoms with Gasteiger partial charge in [0, 0.05) is 17.5 Å². The molecule has 2 unspecified atom stereocenters. The SMILES string of the molecule is CC(C)(C)c1noc(C(=O)NC2CCCCc3cc(-c4ccnc(NC(=O)C5[C@H]6COC[C@@H]56)c4)ccc32)n1. The minimum absolute atomic E-state index is 0.00828. The van der Waals surface area contributed by atoms with Crippen LogP contribution in [0.2, 0.25) is 0 Å². The van der Waals surface area contributed by atoms with E-state index in [1.54, 1.807) is 6.20 Å². The molecule has 4 atom stereocenters. The fourth-order valence-electron chi connectivity index (χ4n) is 5.67. The van der Waals surface area contributed by atoms with Crippen LogP contribution in [0, 0.1) is 17.8 Å². The zero-order valence-electron chi connectivity index (χ0n) is 22.0. The Morgan fingerprint density at radius 3 is 2.58 bits per heavy atom. The van der Waals surface area contributed by atoms with Gasteiger partial charge in [0.2, 0.25) is 5.91 Å². The van der Waals surface area contributed by atoms with E-state index in [2.05, 4.69) is 44.0 Å². The van der Waals surface area contributed by atoms with Crippen molar-refractivity contribution < 1.29 is 18.8 Å². The number of hydrogen-bond acceptors (Lipinski definition) is 7. The smallest absolute Gasteiger partial charge is 0.315 e. The fourth-order valence-corrected chi connectivity index (χ4v) is 5.67.